The van der Waals surface area contributed by atoms with Gasteiger partial charge in [-0.1, -0.05) is 60.5 Å². The van der Waals surface area contributed by atoms with Gasteiger partial charge in [0.2, 0.25) is 11.8 Å². The van der Waals surface area contributed by atoms with Crippen LogP contribution in [0.25, 0.3) is 0 Å². The van der Waals surface area contributed by atoms with Crippen LogP contribution >= 0.6 is 22.9 Å². The number of likely N-dealkylation sites (tertiary alicyclic amines) is 1. The normalized spacial score (nSPS) is 22.3. The first-order valence-corrected chi connectivity index (χ1v) is 21.3. The molecule has 1 aliphatic carbocycles. The number of ether oxygens (including phenoxy) is 1. The number of benzene rings is 2. The quantitative estimate of drug-likeness (QED) is 0.172. The zero-order valence-corrected chi connectivity index (χ0v) is 34.6. The van der Waals surface area contributed by atoms with Crippen LogP contribution in [0.3, 0.4) is 0 Å². The van der Waals surface area contributed by atoms with Crippen LogP contribution in [0, 0.1) is 19.3 Å². The van der Waals surface area contributed by atoms with Gasteiger partial charge in [-0.15, -0.1) is 11.3 Å². The third-order valence-electron chi connectivity index (χ3n) is 12.0. The highest BCUT2D eigenvalue weighted by Gasteiger charge is 2.43. The first kappa shape index (κ1) is 41.2. The molecule has 10 nitrogen and oxygen atoms in total. The van der Waals surface area contributed by atoms with Gasteiger partial charge in [-0.05, 0) is 126 Å². The van der Waals surface area contributed by atoms with Crippen LogP contribution in [0.2, 0.25) is 5.02 Å². The molecule has 55 heavy (non-hydrogen) atoms. The summed E-state index contributed by atoms with van der Waals surface area (Å²) in [7, 11) is 4.14. The Labute approximate surface area is 336 Å². The van der Waals surface area contributed by atoms with E-state index in [4.69, 9.17) is 16.3 Å². The summed E-state index contributed by atoms with van der Waals surface area (Å²) in [5, 5.41) is 9.24. The Morgan fingerprint density at radius 2 is 1.76 bits per heavy atom. The van der Waals surface area contributed by atoms with Gasteiger partial charge in [0.15, 0.2) is 5.75 Å². The van der Waals surface area contributed by atoms with Gasteiger partial charge in [0, 0.05) is 37.1 Å². The number of rotatable bonds is 14. The molecular formula is C43H59ClN6O4S. The van der Waals surface area contributed by atoms with Crippen molar-refractivity contribution < 1.29 is 19.1 Å². The summed E-state index contributed by atoms with van der Waals surface area (Å²) >= 11 is 8.11. The van der Waals surface area contributed by atoms with Crippen molar-refractivity contribution in [1.82, 2.24) is 30.2 Å². The Balaban J connectivity index is 1.13. The molecule has 0 unspecified atom stereocenters. The lowest BCUT2D eigenvalue weighted by atomic mass is 9.72. The van der Waals surface area contributed by atoms with Crippen molar-refractivity contribution >= 4 is 40.8 Å². The van der Waals surface area contributed by atoms with E-state index in [1.54, 1.807) is 22.3 Å². The summed E-state index contributed by atoms with van der Waals surface area (Å²) < 4.78 is 5.77. The third-order valence-corrected chi connectivity index (χ3v) is 13.3. The molecule has 6 rings (SSSR count). The minimum Gasteiger partial charge on any atom is -0.409 e. The molecule has 1 aromatic heterocycles. The average molecular weight is 792 g/mol. The van der Waals surface area contributed by atoms with Gasteiger partial charge in [-0.25, -0.2) is 4.79 Å². The Kier molecular flexibility index (Phi) is 14.3. The largest absolute Gasteiger partial charge is 0.415 e. The summed E-state index contributed by atoms with van der Waals surface area (Å²) in [5.41, 5.74) is 3.56. The highest BCUT2D eigenvalue weighted by molar-refractivity contribution is 7.09. The van der Waals surface area contributed by atoms with Crippen LogP contribution in [0.5, 0.6) is 5.75 Å². The Morgan fingerprint density at radius 3 is 2.49 bits per heavy atom. The molecule has 2 aromatic carbocycles. The lowest BCUT2D eigenvalue weighted by molar-refractivity contribution is -0.145. The molecule has 3 heterocycles. The molecule has 2 aliphatic heterocycles. The van der Waals surface area contributed by atoms with Crippen molar-refractivity contribution in [3.05, 3.63) is 86.6 Å². The molecule has 2 atom stereocenters. The molecule has 0 bridgehead atoms. The second-order valence-electron chi connectivity index (χ2n) is 16.2. The summed E-state index contributed by atoms with van der Waals surface area (Å²) in [6.45, 7) is 8.92. The first-order valence-electron chi connectivity index (χ1n) is 20.0. The van der Waals surface area contributed by atoms with Crippen molar-refractivity contribution in [3.63, 3.8) is 0 Å². The number of hydrogen-bond donors (Lipinski definition) is 2. The monoisotopic (exact) mass is 790 g/mol. The zero-order valence-electron chi connectivity index (χ0n) is 33.0. The van der Waals surface area contributed by atoms with E-state index in [1.807, 2.05) is 37.4 Å². The number of nitrogens with one attached hydrogen (secondary N) is 2. The third kappa shape index (κ3) is 10.9. The van der Waals surface area contributed by atoms with E-state index in [1.165, 1.54) is 16.9 Å². The lowest BCUT2D eigenvalue weighted by Crippen LogP contribution is -2.64. The maximum Gasteiger partial charge on any atom is 0.415 e. The standard InChI is InChI=1S/C43H59ClN6O4S/c1-31-15-16-38(39(44)32(31)2)54-42(53)49-24-25-50(37(29-49)40(51)45-27-35-13-10-26-55-35)41(52)36(14-8-9-22-47(3)4)46-34-17-19-43(20-18-34)21-23-48(30-43)28-33-11-6-5-7-12-33/h5-7,10-13,15-16,26,34,36-37,46H,8-9,14,17-25,27-30H2,1-4H3,(H,45,51)/t34?,36-,37+,43?/m1/s1. The highest BCUT2D eigenvalue weighted by atomic mass is 35.5. The molecule has 3 aliphatic rings. The predicted molar refractivity (Wildman–Crippen MR) is 221 cm³/mol. The number of piperazine rings is 1. The SMILES string of the molecule is Cc1ccc(OC(=O)N2CCN(C(=O)[C@@H](CCCCN(C)C)NC3CCC4(CC3)CCN(Cc3ccccc3)C4)[C@H](C(=O)NCc3cccs3)C2)c(Cl)c1C. The number of thiophene rings is 1. The Bertz CT molecular complexity index is 1730. The van der Waals surface area contributed by atoms with Crippen LogP contribution in [0.1, 0.15) is 72.9 Å². The second kappa shape index (κ2) is 19.1. The fourth-order valence-corrected chi connectivity index (χ4v) is 9.38. The number of amides is 3. The van der Waals surface area contributed by atoms with Crippen molar-refractivity contribution in [2.24, 2.45) is 5.41 Å². The number of halogens is 1. The maximum atomic E-state index is 14.7. The molecule has 3 fully saturated rings. The number of nitrogens with zero attached hydrogens (tertiary/aromatic N) is 4. The van der Waals surface area contributed by atoms with Gasteiger partial charge in [0.25, 0.3) is 0 Å². The zero-order chi connectivity index (χ0) is 39.0. The molecule has 12 heteroatoms. The fraction of sp³-hybridized carbons (Fsp3) is 0.558. The molecule has 1 saturated carbocycles. The van der Waals surface area contributed by atoms with Crippen LogP contribution in [-0.4, -0.2) is 109 Å². The van der Waals surface area contributed by atoms with Crippen molar-refractivity contribution in [2.45, 2.75) is 96.4 Å². The van der Waals surface area contributed by atoms with E-state index in [0.29, 0.717) is 23.4 Å². The lowest BCUT2D eigenvalue weighted by Gasteiger charge is -2.43. The molecule has 2 N–H and O–H groups in total. The Morgan fingerprint density at radius 1 is 0.982 bits per heavy atom. The van der Waals surface area contributed by atoms with Gasteiger partial charge in [0.1, 0.15) is 6.04 Å². The predicted octanol–water partition coefficient (Wildman–Crippen LogP) is 6.87. The molecule has 298 valence electrons. The molecule has 3 aromatic rings. The average Bonchev–Trinajstić information content (AvgIpc) is 3.86. The van der Waals surface area contributed by atoms with Crippen molar-refractivity contribution in [3.8, 4) is 5.75 Å². The van der Waals surface area contributed by atoms with Gasteiger partial charge in [0.05, 0.1) is 24.2 Å². The van der Waals surface area contributed by atoms with Gasteiger partial charge in [-0.3, -0.25) is 14.5 Å². The number of aryl methyl sites for hydroxylation is 1. The van der Waals surface area contributed by atoms with Crippen LogP contribution < -0.4 is 15.4 Å². The van der Waals surface area contributed by atoms with Crippen LogP contribution in [-0.2, 0) is 22.7 Å². The van der Waals surface area contributed by atoms with Crippen molar-refractivity contribution in [2.75, 3.05) is 53.4 Å². The molecule has 3 amide bonds. The molecule has 1 spiro atoms. The summed E-state index contributed by atoms with van der Waals surface area (Å²) in [6, 6.07) is 17.2. The van der Waals surface area contributed by atoms with Crippen molar-refractivity contribution in [1.29, 1.82) is 0 Å². The number of carbonyl (C=O) groups excluding carboxylic acids is 3. The summed E-state index contributed by atoms with van der Waals surface area (Å²) in [5.74, 6) is -0.0676. The first-order chi connectivity index (χ1) is 26.5. The number of unbranched alkanes of at least 4 members (excludes halogenated alkanes) is 1. The van der Waals surface area contributed by atoms with E-state index >= 15 is 0 Å². The van der Waals surface area contributed by atoms with Crippen LogP contribution in [0.4, 0.5) is 4.79 Å². The molecular weight excluding hydrogens is 732 g/mol. The van der Waals surface area contributed by atoms with E-state index in [-0.39, 0.29) is 43.2 Å². The highest BCUT2D eigenvalue weighted by Crippen LogP contribution is 2.44. The molecule has 0 radical (unpaired) electrons. The van der Waals surface area contributed by atoms with Crippen LogP contribution in [0.15, 0.2) is 60.0 Å². The minimum atomic E-state index is -0.862. The second-order valence-corrected chi connectivity index (χ2v) is 17.6. The maximum absolute atomic E-state index is 14.7. The fourth-order valence-electron chi connectivity index (χ4n) is 8.48. The van der Waals surface area contributed by atoms with Gasteiger partial charge in [-0.2, -0.15) is 0 Å². The van der Waals surface area contributed by atoms with Gasteiger partial charge < -0.3 is 30.1 Å². The minimum absolute atomic E-state index is 0.0299. The van der Waals surface area contributed by atoms with E-state index in [2.05, 4.69) is 64.9 Å². The number of carbonyl (C=O) groups is 3. The van der Waals surface area contributed by atoms with E-state index in [9.17, 15) is 14.4 Å². The van der Waals surface area contributed by atoms with E-state index in [0.717, 1.165) is 80.7 Å². The smallest absolute Gasteiger partial charge is 0.409 e. The summed E-state index contributed by atoms with van der Waals surface area (Å²) in [4.78, 5) is 51.3. The summed E-state index contributed by atoms with van der Waals surface area (Å²) in [6.07, 6.45) is 7.57. The number of hydrogen-bond acceptors (Lipinski definition) is 8. The Hall–Kier alpha value is -3.48. The topological polar surface area (TPSA) is 97.5 Å². The van der Waals surface area contributed by atoms with Gasteiger partial charge >= 0.3 is 6.09 Å². The van der Waals surface area contributed by atoms with E-state index < -0.39 is 18.2 Å². The molecule has 2 saturated heterocycles.